The average Bonchev–Trinajstić information content (AvgIpc) is 2.56. The maximum atomic E-state index is 12.0. The molecule has 0 bridgehead atoms. The maximum Gasteiger partial charge on any atom is 0.262 e. The van der Waals surface area contributed by atoms with Gasteiger partial charge in [-0.1, -0.05) is 42.5 Å². The summed E-state index contributed by atoms with van der Waals surface area (Å²) in [5.41, 5.74) is 1.30. The van der Waals surface area contributed by atoms with Gasteiger partial charge in [-0.2, -0.15) is 0 Å². The summed E-state index contributed by atoms with van der Waals surface area (Å²) >= 11 is 0. The van der Waals surface area contributed by atoms with Gasteiger partial charge in [-0.05, 0) is 30.0 Å². The van der Waals surface area contributed by atoms with Crippen LogP contribution in [0.15, 0.2) is 60.7 Å². The molecule has 3 aromatic carbocycles. The summed E-state index contributed by atoms with van der Waals surface area (Å²) in [7, 11) is 0. The lowest BCUT2D eigenvalue weighted by atomic mass is 10.1. The molecule has 3 aromatic rings. The number of rotatable bonds is 4. The van der Waals surface area contributed by atoms with Gasteiger partial charge in [-0.25, -0.2) is 0 Å². The van der Waals surface area contributed by atoms with Gasteiger partial charge in [0.1, 0.15) is 11.5 Å². The molecular formula is C19H17NO3. The molecule has 0 aliphatic carbocycles. The van der Waals surface area contributed by atoms with Gasteiger partial charge in [0.05, 0.1) is 0 Å². The summed E-state index contributed by atoms with van der Waals surface area (Å²) < 4.78 is 5.63. The van der Waals surface area contributed by atoms with Crippen LogP contribution in [-0.2, 0) is 4.79 Å². The van der Waals surface area contributed by atoms with Crippen LogP contribution in [0.3, 0.4) is 0 Å². The van der Waals surface area contributed by atoms with E-state index in [0.29, 0.717) is 11.4 Å². The molecule has 1 amide bonds. The molecule has 0 heterocycles. The molecule has 116 valence electrons. The number of amides is 1. The number of hydrogen-bond donors (Lipinski definition) is 2. The first-order valence-electron chi connectivity index (χ1n) is 7.33. The summed E-state index contributed by atoms with van der Waals surface area (Å²) in [6.07, 6.45) is 0. The predicted octanol–water partition coefficient (Wildman–Crippen LogP) is 3.87. The number of fused-ring (bicyclic) bond motifs is 1. The monoisotopic (exact) mass is 307 g/mol. The van der Waals surface area contributed by atoms with Crippen molar-refractivity contribution in [3.63, 3.8) is 0 Å². The van der Waals surface area contributed by atoms with E-state index in [1.165, 1.54) is 6.07 Å². The van der Waals surface area contributed by atoms with E-state index in [1.54, 1.807) is 19.1 Å². The fourth-order valence-electron chi connectivity index (χ4n) is 2.35. The van der Waals surface area contributed by atoms with Crippen LogP contribution in [0.5, 0.6) is 11.5 Å². The van der Waals surface area contributed by atoms with Crippen molar-refractivity contribution in [1.29, 1.82) is 0 Å². The topological polar surface area (TPSA) is 58.6 Å². The standard InChI is InChI=1S/C19H17NO3/c1-13-9-10-15(11-17(13)21)20-19(22)12-23-18-8-4-6-14-5-2-3-7-16(14)18/h2-11,21H,12H2,1H3,(H,20,22). The molecule has 3 rings (SSSR count). The van der Waals surface area contributed by atoms with E-state index < -0.39 is 0 Å². The Hall–Kier alpha value is -3.01. The van der Waals surface area contributed by atoms with Crippen LogP contribution in [-0.4, -0.2) is 17.6 Å². The maximum absolute atomic E-state index is 12.0. The summed E-state index contributed by atoms with van der Waals surface area (Å²) in [5.74, 6) is 0.545. The Morgan fingerprint density at radius 1 is 1.09 bits per heavy atom. The second kappa shape index (κ2) is 6.40. The zero-order valence-electron chi connectivity index (χ0n) is 12.7. The molecule has 0 spiro atoms. The molecule has 0 atom stereocenters. The Morgan fingerprint density at radius 3 is 2.70 bits per heavy atom. The highest BCUT2D eigenvalue weighted by molar-refractivity contribution is 5.93. The second-order valence-electron chi connectivity index (χ2n) is 5.32. The first-order valence-corrected chi connectivity index (χ1v) is 7.33. The molecule has 0 saturated carbocycles. The lowest BCUT2D eigenvalue weighted by Crippen LogP contribution is -2.20. The third-order valence-corrected chi connectivity index (χ3v) is 3.60. The van der Waals surface area contributed by atoms with Crippen LogP contribution in [0.1, 0.15) is 5.56 Å². The molecule has 0 aliphatic heterocycles. The Morgan fingerprint density at radius 2 is 1.87 bits per heavy atom. The molecule has 0 aromatic heterocycles. The summed E-state index contributed by atoms with van der Waals surface area (Å²) in [5, 5.41) is 14.4. The number of hydrogen-bond acceptors (Lipinski definition) is 3. The number of carbonyl (C=O) groups excluding carboxylic acids is 1. The van der Waals surface area contributed by atoms with Crippen molar-refractivity contribution in [2.45, 2.75) is 6.92 Å². The quantitative estimate of drug-likeness (QED) is 0.769. The van der Waals surface area contributed by atoms with Crippen LogP contribution in [0.25, 0.3) is 10.8 Å². The van der Waals surface area contributed by atoms with Crippen molar-refractivity contribution in [3.8, 4) is 11.5 Å². The number of nitrogens with one attached hydrogen (secondary N) is 1. The highest BCUT2D eigenvalue weighted by Gasteiger charge is 2.07. The molecule has 4 nitrogen and oxygen atoms in total. The fourth-order valence-corrected chi connectivity index (χ4v) is 2.35. The number of ether oxygens (including phenoxy) is 1. The molecule has 0 radical (unpaired) electrons. The number of anilines is 1. The number of carbonyl (C=O) groups is 1. The number of phenolic OH excluding ortho intramolecular Hbond substituents is 1. The third-order valence-electron chi connectivity index (χ3n) is 3.60. The van der Waals surface area contributed by atoms with Crippen molar-refractivity contribution < 1.29 is 14.6 Å². The van der Waals surface area contributed by atoms with Gasteiger partial charge in [0.2, 0.25) is 0 Å². The van der Waals surface area contributed by atoms with Gasteiger partial charge in [0, 0.05) is 17.1 Å². The zero-order chi connectivity index (χ0) is 16.2. The third kappa shape index (κ3) is 3.43. The van der Waals surface area contributed by atoms with E-state index >= 15 is 0 Å². The number of aryl methyl sites for hydroxylation is 1. The first kappa shape index (κ1) is 14.9. The predicted molar refractivity (Wildman–Crippen MR) is 90.9 cm³/mol. The zero-order valence-corrected chi connectivity index (χ0v) is 12.7. The van der Waals surface area contributed by atoms with Crippen molar-refractivity contribution in [2.24, 2.45) is 0 Å². The van der Waals surface area contributed by atoms with E-state index in [9.17, 15) is 9.90 Å². The minimum absolute atomic E-state index is 0.0946. The van der Waals surface area contributed by atoms with Gasteiger partial charge in [0.15, 0.2) is 6.61 Å². The van der Waals surface area contributed by atoms with Gasteiger partial charge in [0.25, 0.3) is 5.91 Å². The van der Waals surface area contributed by atoms with Crippen LogP contribution < -0.4 is 10.1 Å². The molecule has 4 heteroatoms. The van der Waals surface area contributed by atoms with E-state index in [-0.39, 0.29) is 18.3 Å². The Labute approximate surface area is 134 Å². The average molecular weight is 307 g/mol. The fraction of sp³-hybridized carbons (Fsp3) is 0.105. The SMILES string of the molecule is Cc1ccc(NC(=O)COc2cccc3ccccc23)cc1O. The normalized spacial score (nSPS) is 10.5. The summed E-state index contributed by atoms with van der Waals surface area (Å²) in [4.78, 5) is 12.0. The van der Waals surface area contributed by atoms with Gasteiger partial charge >= 0.3 is 0 Å². The van der Waals surface area contributed by atoms with Gasteiger partial charge in [-0.15, -0.1) is 0 Å². The molecule has 2 N–H and O–H groups in total. The number of aromatic hydroxyl groups is 1. The summed E-state index contributed by atoms with van der Waals surface area (Å²) in [6.45, 7) is 1.70. The minimum atomic E-state index is -0.277. The van der Waals surface area contributed by atoms with E-state index in [4.69, 9.17) is 4.74 Å². The summed E-state index contributed by atoms with van der Waals surface area (Å²) in [6, 6.07) is 18.6. The molecule has 0 aliphatic rings. The number of benzene rings is 3. The number of phenols is 1. The van der Waals surface area contributed by atoms with E-state index in [0.717, 1.165) is 16.3 Å². The lowest BCUT2D eigenvalue weighted by Gasteiger charge is -2.10. The molecule has 0 saturated heterocycles. The molecule has 0 unspecified atom stereocenters. The van der Waals surface area contributed by atoms with Crippen LogP contribution in [0.2, 0.25) is 0 Å². The first-order chi connectivity index (χ1) is 11.1. The Balaban J connectivity index is 1.67. The second-order valence-corrected chi connectivity index (χ2v) is 5.32. The highest BCUT2D eigenvalue weighted by Crippen LogP contribution is 2.25. The smallest absolute Gasteiger partial charge is 0.262 e. The highest BCUT2D eigenvalue weighted by atomic mass is 16.5. The van der Waals surface area contributed by atoms with Crippen molar-refractivity contribution in [3.05, 3.63) is 66.2 Å². The van der Waals surface area contributed by atoms with Gasteiger partial charge < -0.3 is 15.2 Å². The van der Waals surface area contributed by atoms with Crippen molar-refractivity contribution in [2.75, 3.05) is 11.9 Å². The van der Waals surface area contributed by atoms with Crippen LogP contribution >= 0.6 is 0 Å². The van der Waals surface area contributed by atoms with Crippen molar-refractivity contribution >= 4 is 22.4 Å². The molecule has 23 heavy (non-hydrogen) atoms. The lowest BCUT2D eigenvalue weighted by molar-refractivity contribution is -0.118. The van der Waals surface area contributed by atoms with Crippen LogP contribution in [0, 0.1) is 6.92 Å². The van der Waals surface area contributed by atoms with Gasteiger partial charge in [-0.3, -0.25) is 4.79 Å². The largest absolute Gasteiger partial charge is 0.508 e. The van der Waals surface area contributed by atoms with E-state index in [1.807, 2.05) is 42.5 Å². The van der Waals surface area contributed by atoms with Crippen molar-refractivity contribution in [1.82, 2.24) is 0 Å². The van der Waals surface area contributed by atoms with E-state index in [2.05, 4.69) is 5.32 Å². The Kier molecular flexibility index (Phi) is 4.15. The minimum Gasteiger partial charge on any atom is -0.508 e. The Bertz CT molecular complexity index is 853. The van der Waals surface area contributed by atoms with Crippen LogP contribution in [0.4, 0.5) is 5.69 Å². The molecular weight excluding hydrogens is 290 g/mol. The molecule has 0 fully saturated rings.